The van der Waals surface area contributed by atoms with Gasteiger partial charge in [-0.25, -0.2) is 0 Å². The zero-order valence-electron chi connectivity index (χ0n) is 13.3. The van der Waals surface area contributed by atoms with Gasteiger partial charge in [-0.1, -0.05) is 71.6 Å². The minimum atomic E-state index is -1.26. The average Bonchev–Trinajstić information content (AvgIpc) is 2.34. The van der Waals surface area contributed by atoms with E-state index < -0.39 is 12.4 Å². The molecule has 3 heteroatoms. The fourth-order valence-corrected chi connectivity index (χ4v) is 2.36. The van der Waals surface area contributed by atoms with Crippen molar-refractivity contribution in [1.29, 1.82) is 0 Å². The van der Waals surface area contributed by atoms with Crippen LogP contribution in [-0.4, -0.2) is 11.8 Å². The van der Waals surface area contributed by atoms with E-state index in [0.717, 1.165) is 25.2 Å². The number of aliphatic carboxylic acids is 1. The van der Waals surface area contributed by atoms with Gasteiger partial charge in [0.15, 0.2) is 0 Å². The van der Waals surface area contributed by atoms with Crippen molar-refractivity contribution >= 4 is 11.8 Å². The molecule has 0 N–H and O–H groups in total. The fourth-order valence-electron chi connectivity index (χ4n) is 2.36. The molecular weight excluding hydrogens is 252 g/mol. The third-order valence-electron chi connectivity index (χ3n) is 3.58. The predicted octanol–water partition coefficient (Wildman–Crippen LogP) is 3.64. The second kappa shape index (κ2) is 13.1. The molecule has 0 rings (SSSR count). The smallest absolute Gasteiger partial charge is 0.138 e. The van der Waals surface area contributed by atoms with Crippen LogP contribution in [0.4, 0.5) is 0 Å². The number of unbranched alkanes of at least 4 members (excludes halogenated alkanes) is 8. The van der Waals surface area contributed by atoms with Crippen molar-refractivity contribution < 1.29 is 14.7 Å². The van der Waals surface area contributed by atoms with E-state index >= 15 is 0 Å². The molecule has 118 valence electrons. The second-order valence-corrected chi connectivity index (χ2v) is 6.20. The molecular formula is C17H31O3-. The number of ketones is 1. The summed E-state index contributed by atoms with van der Waals surface area (Å²) in [4.78, 5) is 21.3. The van der Waals surface area contributed by atoms with E-state index in [2.05, 4.69) is 13.8 Å². The molecule has 0 heterocycles. The Hall–Kier alpha value is -0.860. The van der Waals surface area contributed by atoms with Gasteiger partial charge in [0, 0.05) is 18.8 Å². The summed E-state index contributed by atoms with van der Waals surface area (Å²) in [6.45, 7) is 4.55. The average molecular weight is 283 g/mol. The molecule has 0 aliphatic heterocycles. The molecule has 0 atom stereocenters. The lowest BCUT2D eigenvalue weighted by Crippen LogP contribution is -2.25. The van der Waals surface area contributed by atoms with Crippen LogP contribution < -0.4 is 5.11 Å². The number of hydrogen-bond acceptors (Lipinski definition) is 3. The summed E-state index contributed by atoms with van der Waals surface area (Å²) >= 11 is 0. The standard InChI is InChI=1S/C17H32O3/c1-15(2)12-10-8-6-4-3-5-7-9-11-13-16(18)14-17(19)20/h15H,3-14H2,1-2H3,(H,19,20)/p-1. The highest BCUT2D eigenvalue weighted by Crippen LogP contribution is 2.13. The summed E-state index contributed by atoms with van der Waals surface area (Å²) in [5.41, 5.74) is 0. The summed E-state index contributed by atoms with van der Waals surface area (Å²) in [5.74, 6) is -0.628. The van der Waals surface area contributed by atoms with Gasteiger partial charge in [-0.15, -0.1) is 0 Å². The fraction of sp³-hybridized carbons (Fsp3) is 0.882. The zero-order chi connectivity index (χ0) is 15.2. The highest BCUT2D eigenvalue weighted by atomic mass is 16.4. The van der Waals surface area contributed by atoms with Gasteiger partial charge in [0.1, 0.15) is 5.78 Å². The molecule has 0 radical (unpaired) electrons. The summed E-state index contributed by atoms with van der Waals surface area (Å²) < 4.78 is 0. The molecule has 0 spiro atoms. The number of Topliss-reactive ketones (excluding diaryl/α,β-unsaturated/α-hetero) is 1. The van der Waals surface area contributed by atoms with Gasteiger partial charge < -0.3 is 9.90 Å². The van der Waals surface area contributed by atoms with E-state index in [-0.39, 0.29) is 5.78 Å². The first kappa shape index (κ1) is 19.1. The maximum atomic E-state index is 11.1. The van der Waals surface area contributed by atoms with E-state index in [9.17, 15) is 14.7 Å². The van der Waals surface area contributed by atoms with Crippen LogP contribution in [0.5, 0.6) is 0 Å². The summed E-state index contributed by atoms with van der Waals surface area (Å²) in [7, 11) is 0. The minimum Gasteiger partial charge on any atom is -0.550 e. The predicted molar refractivity (Wildman–Crippen MR) is 80.3 cm³/mol. The van der Waals surface area contributed by atoms with Gasteiger partial charge in [0.25, 0.3) is 0 Å². The number of carboxylic acid groups (broad SMARTS) is 1. The van der Waals surface area contributed by atoms with Gasteiger partial charge in [0.05, 0.1) is 0 Å². The number of carbonyl (C=O) groups is 2. The Morgan fingerprint density at radius 1 is 0.800 bits per heavy atom. The first-order valence-electron chi connectivity index (χ1n) is 8.24. The van der Waals surface area contributed by atoms with E-state index in [1.54, 1.807) is 0 Å². The topological polar surface area (TPSA) is 57.2 Å². The Bertz CT molecular complexity index is 259. The Kier molecular flexibility index (Phi) is 12.6. The van der Waals surface area contributed by atoms with Gasteiger partial charge in [0.2, 0.25) is 0 Å². The molecule has 0 unspecified atom stereocenters. The molecule has 0 aliphatic carbocycles. The minimum absolute atomic E-state index is 0.199. The van der Waals surface area contributed by atoms with E-state index in [4.69, 9.17) is 0 Å². The van der Waals surface area contributed by atoms with Crippen LogP contribution in [0, 0.1) is 5.92 Å². The summed E-state index contributed by atoms with van der Waals surface area (Å²) in [5, 5.41) is 10.2. The van der Waals surface area contributed by atoms with Crippen LogP contribution in [0.2, 0.25) is 0 Å². The van der Waals surface area contributed by atoms with Crippen LogP contribution in [-0.2, 0) is 9.59 Å². The number of carbonyl (C=O) groups excluding carboxylic acids is 2. The third kappa shape index (κ3) is 15.2. The molecule has 20 heavy (non-hydrogen) atoms. The normalized spacial score (nSPS) is 10.9. The molecule has 0 fully saturated rings. The maximum Gasteiger partial charge on any atom is 0.138 e. The third-order valence-corrected chi connectivity index (χ3v) is 3.58. The van der Waals surface area contributed by atoms with Crippen LogP contribution >= 0.6 is 0 Å². The van der Waals surface area contributed by atoms with Crippen LogP contribution in [0.1, 0.15) is 90.9 Å². The van der Waals surface area contributed by atoms with Crippen LogP contribution in [0.15, 0.2) is 0 Å². The molecule has 0 aliphatic rings. The number of rotatable bonds is 14. The quantitative estimate of drug-likeness (QED) is 0.361. The Balaban J connectivity index is 3.13. The molecule has 0 amide bonds. The molecule has 0 aromatic heterocycles. The second-order valence-electron chi connectivity index (χ2n) is 6.20. The van der Waals surface area contributed by atoms with Crippen LogP contribution in [0.25, 0.3) is 0 Å². The van der Waals surface area contributed by atoms with Crippen molar-refractivity contribution in [1.82, 2.24) is 0 Å². The van der Waals surface area contributed by atoms with Crippen molar-refractivity contribution in [2.75, 3.05) is 0 Å². The maximum absolute atomic E-state index is 11.1. The number of hydrogen-bond donors (Lipinski definition) is 0. The van der Waals surface area contributed by atoms with Gasteiger partial charge in [-0.05, 0) is 12.3 Å². The van der Waals surface area contributed by atoms with E-state index in [0.29, 0.717) is 6.42 Å². The molecule has 0 bridgehead atoms. The Morgan fingerprint density at radius 2 is 1.25 bits per heavy atom. The van der Waals surface area contributed by atoms with Crippen molar-refractivity contribution in [2.24, 2.45) is 5.92 Å². The molecule has 0 aromatic rings. The first-order chi connectivity index (χ1) is 9.52. The van der Waals surface area contributed by atoms with Crippen molar-refractivity contribution in [3.05, 3.63) is 0 Å². The molecule has 0 saturated heterocycles. The SMILES string of the molecule is CC(C)CCCCCCCCCCCC(=O)CC(=O)[O-]. The molecule has 3 nitrogen and oxygen atoms in total. The zero-order valence-corrected chi connectivity index (χ0v) is 13.3. The van der Waals surface area contributed by atoms with Crippen molar-refractivity contribution in [2.45, 2.75) is 90.9 Å². The van der Waals surface area contributed by atoms with Gasteiger partial charge >= 0.3 is 0 Å². The lowest BCUT2D eigenvalue weighted by Gasteiger charge is -2.05. The molecule has 0 aromatic carbocycles. The highest BCUT2D eigenvalue weighted by molar-refractivity contribution is 5.93. The van der Waals surface area contributed by atoms with Crippen molar-refractivity contribution in [3.63, 3.8) is 0 Å². The van der Waals surface area contributed by atoms with E-state index in [1.807, 2.05) is 0 Å². The Labute approximate surface area is 124 Å². The monoisotopic (exact) mass is 283 g/mol. The van der Waals surface area contributed by atoms with Gasteiger partial charge in [-0.3, -0.25) is 4.79 Å². The van der Waals surface area contributed by atoms with Gasteiger partial charge in [-0.2, -0.15) is 0 Å². The summed E-state index contributed by atoms with van der Waals surface area (Å²) in [6, 6.07) is 0. The highest BCUT2D eigenvalue weighted by Gasteiger charge is 2.01. The lowest BCUT2D eigenvalue weighted by molar-refractivity contribution is -0.304. The van der Waals surface area contributed by atoms with E-state index in [1.165, 1.54) is 44.9 Å². The Morgan fingerprint density at radius 3 is 1.70 bits per heavy atom. The molecule has 0 saturated carbocycles. The number of carboxylic acids is 1. The first-order valence-corrected chi connectivity index (χ1v) is 8.24. The summed E-state index contributed by atoms with van der Waals surface area (Å²) in [6.07, 6.45) is 12.2. The largest absolute Gasteiger partial charge is 0.550 e. The van der Waals surface area contributed by atoms with Crippen molar-refractivity contribution in [3.8, 4) is 0 Å². The van der Waals surface area contributed by atoms with Crippen LogP contribution in [0.3, 0.4) is 0 Å². The lowest BCUT2D eigenvalue weighted by atomic mass is 10.0.